The lowest BCUT2D eigenvalue weighted by atomic mass is 10.1. The Labute approximate surface area is 158 Å². The molecule has 0 aliphatic heterocycles. The molecule has 0 fully saturated rings. The quantitative estimate of drug-likeness (QED) is 0.661. The molecule has 0 spiro atoms. The van der Waals surface area contributed by atoms with Gasteiger partial charge in [0.1, 0.15) is 5.75 Å². The molecule has 0 N–H and O–H groups in total. The SMILES string of the molecule is COc1ccc(-c2noc(CCC(=O)N(C)c3cccc(C)c3C)n2)cc1. The van der Waals surface area contributed by atoms with Gasteiger partial charge in [0.05, 0.1) is 7.11 Å². The van der Waals surface area contributed by atoms with Crippen molar-refractivity contribution in [1.29, 1.82) is 0 Å². The first-order valence-corrected chi connectivity index (χ1v) is 8.79. The lowest BCUT2D eigenvalue weighted by Crippen LogP contribution is -2.27. The molecule has 1 aromatic heterocycles. The Morgan fingerprint density at radius 3 is 2.59 bits per heavy atom. The first-order chi connectivity index (χ1) is 13.0. The minimum absolute atomic E-state index is 0.00731. The molecule has 2 aromatic carbocycles. The number of aromatic nitrogens is 2. The summed E-state index contributed by atoms with van der Waals surface area (Å²) in [5, 5.41) is 4.00. The Morgan fingerprint density at radius 2 is 1.89 bits per heavy atom. The molecule has 0 unspecified atom stereocenters. The molecule has 0 saturated carbocycles. The lowest BCUT2D eigenvalue weighted by Gasteiger charge is -2.20. The van der Waals surface area contributed by atoms with Gasteiger partial charge in [0, 0.05) is 31.1 Å². The number of amides is 1. The summed E-state index contributed by atoms with van der Waals surface area (Å²) in [7, 11) is 3.41. The van der Waals surface area contributed by atoms with Gasteiger partial charge >= 0.3 is 0 Å². The topological polar surface area (TPSA) is 68.5 Å². The zero-order chi connectivity index (χ0) is 19.4. The molecule has 27 heavy (non-hydrogen) atoms. The molecule has 6 heteroatoms. The van der Waals surface area contributed by atoms with Crippen molar-refractivity contribution in [2.75, 3.05) is 19.1 Å². The van der Waals surface area contributed by atoms with Crippen molar-refractivity contribution in [1.82, 2.24) is 10.1 Å². The number of carbonyl (C=O) groups excluding carboxylic acids is 1. The first kappa shape index (κ1) is 18.6. The van der Waals surface area contributed by atoms with Crippen LogP contribution in [-0.4, -0.2) is 30.2 Å². The van der Waals surface area contributed by atoms with E-state index >= 15 is 0 Å². The summed E-state index contributed by atoms with van der Waals surface area (Å²) < 4.78 is 10.4. The number of nitrogens with zero attached hydrogens (tertiary/aromatic N) is 3. The number of ether oxygens (including phenoxy) is 1. The van der Waals surface area contributed by atoms with Crippen LogP contribution in [0.1, 0.15) is 23.4 Å². The van der Waals surface area contributed by atoms with Crippen LogP contribution in [0, 0.1) is 13.8 Å². The van der Waals surface area contributed by atoms with Gasteiger partial charge in [0.15, 0.2) is 0 Å². The molecule has 0 saturated heterocycles. The second kappa shape index (κ2) is 8.03. The average molecular weight is 365 g/mol. The molecule has 0 aliphatic carbocycles. The van der Waals surface area contributed by atoms with Crippen molar-refractivity contribution in [3.8, 4) is 17.1 Å². The third-order valence-corrected chi connectivity index (χ3v) is 4.68. The van der Waals surface area contributed by atoms with Gasteiger partial charge in [-0.3, -0.25) is 4.79 Å². The number of hydrogen-bond donors (Lipinski definition) is 0. The van der Waals surface area contributed by atoms with E-state index in [2.05, 4.69) is 10.1 Å². The number of anilines is 1. The van der Waals surface area contributed by atoms with E-state index in [0.29, 0.717) is 24.6 Å². The zero-order valence-electron chi connectivity index (χ0n) is 16.0. The Balaban J connectivity index is 1.63. The second-order valence-corrected chi connectivity index (χ2v) is 6.41. The third-order valence-electron chi connectivity index (χ3n) is 4.68. The van der Waals surface area contributed by atoms with Gasteiger partial charge in [-0.25, -0.2) is 0 Å². The Kier molecular flexibility index (Phi) is 5.54. The summed E-state index contributed by atoms with van der Waals surface area (Å²) in [5.41, 5.74) is 4.02. The monoisotopic (exact) mass is 365 g/mol. The summed E-state index contributed by atoms with van der Waals surface area (Å²) in [6.45, 7) is 4.06. The molecule has 3 rings (SSSR count). The van der Waals surface area contributed by atoms with E-state index in [1.807, 2.05) is 56.3 Å². The molecule has 140 valence electrons. The van der Waals surface area contributed by atoms with Gasteiger partial charge in [0.2, 0.25) is 17.6 Å². The van der Waals surface area contributed by atoms with Crippen molar-refractivity contribution in [2.24, 2.45) is 0 Å². The van der Waals surface area contributed by atoms with E-state index < -0.39 is 0 Å². The molecular formula is C21H23N3O3. The van der Waals surface area contributed by atoms with Crippen LogP contribution in [0.5, 0.6) is 5.75 Å². The van der Waals surface area contributed by atoms with Gasteiger partial charge in [-0.2, -0.15) is 4.98 Å². The largest absolute Gasteiger partial charge is 0.497 e. The van der Waals surface area contributed by atoms with Crippen molar-refractivity contribution >= 4 is 11.6 Å². The highest BCUT2D eigenvalue weighted by atomic mass is 16.5. The third kappa shape index (κ3) is 4.16. The summed E-state index contributed by atoms with van der Waals surface area (Å²) in [6.07, 6.45) is 0.700. The maximum atomic E-state index is 12.5. The van der Waals surface area contributed by atoms with E-state index in [1.54, 1.807) is 19.1 Å². The predicted molar refractivity (Wildman–Crippen MR) is 104 cm³/mol. The fourth-order valence-corrected chi connectivity index (χ4v) is 2.83. The first-order valence-electron chi connectivity index (χ1n) is 8.79. The summed E-state index contributed by atoms with van der Waals surface area (Å²) in [5.74, 6) is 1.72. The molecule has 6 nitrogen and oxygen atoms in total. The molecule has 0 atom stereocenters. The molecule has 0 bridgehead atoms. The molecule has 3 aromatic rings. The number of aryl methyl sites for hydroxylation is 2. The molecule has 0 aliphatic rings. The highest BCUT2D eigenvalue weighted by molar-refractivity contribution is 5.93. The van der Waals surface area contributed by atoms with Gasteiger partial charge < -0.3 is 14.2 Å². The van der Waals surface area contributed by atoms with Crippen LogP contribution in [0.15, 0.2) is 47.0 Å². The maximum Gasteiger partial charge on any atom is 0.227 e. The van der Waals surface area contributed by atoms with Crippen LogP contribution in [0.4, 0.5) is 5.69 Å². The lowest BCUT2D eigenvalue weighted by molar-refractivity contribution is -0.118. The van der Waals surface area contributed by atoms with E-state index in [1.165, 1.54) is 0 Å². The van der Waals surface area contributed by atoms with Crippen molar-refractivity contribution in [3.63, 3.8) is 0 Å². The van der Waals surface area contributed by atoms with Crippen LogP contribution < -0.4 is 9.64 Å². The second-order valence-electron chi connectivity index (χ2n) is 6.41. The van der Waals surface area contributed by atoms with E-state index in [-0.39, 0.29) is 5.91 Å². The minimum Gasteiger partial charge on any atom is -0.497 e. The van der Waals surface area contributed by atoms with Crippen LogP contribution >= 0.6 is 0 Å². The summed E-state index contributed by atoms with van der Waals surface area (Å²) >= 11 is 0. The highest BCUT2D eigenvalue weighted by Crippen LogP contribution is 2.23. The fraction of sp³-hybridized carbons (Fsp3) is 0.286. The number of benzene rings is 2. The molecule has 0 radical (unpaired) electrons. The Bertz CT molecular complexity index is 932. The van der Waals surface area contributed by atoms with Gasteiger partial charge in [-0.1, -0.05) is 17.3 Å². The Hall–Kier alpha value is -3.15. The van der Waals surface area contributed by atoms with Crippen LogP contribution in [0.2, 0.25) is 0 Å². The summed E-state index contributed by atoms with van der Waals surface area (Å²) in [6, 6.07) is 13.4. The number of hydrogen-bond acceptors (Lipinski definition) is 5. The summed E-state index contributed by atoms with van der Waals surface area (Å²) in [4.78, 5) is 18.6. The molecular weight excluding hydrogens is 342 g/mol. The van der Waals surface area contributed by atoms with Gasteiger partial charge in [-0.05, 0) is 55.3 Å². The fourth-order valence-electron chi connectivity index (χ4n) is 2.83. The van der Waals surface area contributed by atoms with Crippen LogP contribution in [-0.2, 0) is 11.2 Å². The smallest absolute Gasteiger partial charge is 0.227 e. The minimum atomic E-state index is 0.00731. The Morgan fingerprint density at radius 1 is 1.15 bits per heavy atom. The van der Waals surface area contributed by atoms with Crippen molar-refractivity contribution < 1.29 is 14.1 Å². The number of rotatable bonds is 6. The predicted octanol–water partition coefficient (Wildman–Crippen LogP) is 3.96. The highest BCUT2D eigenvalue weighted by Gasteiger charge is 2.16. The maximum absolute atomic E-state index is 12.5. The van der Waals surface area contributed by atoms with E-state index in [0.717, 1.165) is 28.1 Å². The molecule has 1 amide bonds. The average Bonchev–Trinajstić information content (AvgIpc) is 3.17. The zero-order valence-corrected chi connectivity index (χ0v) is 16.0. The van der Waals surface area contributed by atoms with Crippen LogP contribution in [0.3, 0.4) is 0 Å². The van der Waals surface area contributed by atoms with Crippen molar-refractivity contribution in [2.45, 2.75) is 26.7 Å². The van der Waals surface area contributed by atoms with Gasteiger partial charge in [0.25, 0.3) is 0 Å². The van der Waals surface area contributed by atoms with E-state index in [4.69, 9.17) is 9.26 Å². The normalized spacial score (nSPS) is 10.7. The van der Waals surface area contributed by atoms with Crippen molar-refractivity contribution in [3.05, 3.63) is 59.5 Å². The number of methoxy groups -OCH3 is 1. The standard InChI is InChI=1S/C21H23N3O3/c1-14-6-5-7-18(15(14)2)24(3)20(25)13-12-19-22-21(23-27-19)16-8-10-17(26-4)11-9-16/h5-11H,12-13H2,1-4H3. The van der Waals surface area contributed by atoms with Crippen LogP contribution in [0.25, 0.3) is 11.4 Å². The molecule has 1 heterocycles. The van der Waals surface area contributed by atoms with Gasteiger partial charge in [-0.15, -0.1) is 0 Å². The van der Waals surface area contributed by atoms with E-state index in [9.17, 15) is 4.79 Å². The number of carbonyl (C=O) groups is 1.